The van der Waals surface area contributed by atoms with Crippen LogP contribution in [0.1, 0.15) is 52.3 Å². The third kappa shape index (κ3) is 8.41. The molecule has 0 unspecified atom stereocenters. The molecule has 0 saturated carbocycles. The molecule has 1 saturated heterocycles. The second kappa shape index (κ2) is 13.3. The van der Waals surface area contributed by atoms with E-state index in [1.807, 2.05) is 6.20 Å². The number of nitrogens with zero attached hydrogens (tertiary/aromatic N) is 4. The number of benzene rings is 1. The number of nitro benzene ring substituents is 1. The summed E-state index contributed by atoms with van der Waals surface area (Å²) >= 11 is 0. The summed E-state index contributed by atoms with van der Waals surface area (Å²) in [6.45, 7) is 12.0. The first-order chi connectivity index (χ1) is 18.7. The number of hydrogen-bond donors (Lipinski definition) is 4. The molecule has 13 nitrogen and oxygen atoms in total. The number of aliphatic hydroxyl groups excluding tert-OH is 4. The Bertz CT molecular complexity index is 1120. The molecule has 5 atom stereocenters. The summed E-state index contributed by atoms with van der Waals surface area (Å²) in [5, 5.41) is 59.7. The molecule has 3 rings (SSSR count). The van der Waals surface area contributed by atoms with E-state index in [9.17, 15) is 30.5 Å². The Morgan fingerprint density at radius 3 is 2.42 bits per heavy atom. The van der Waals surface area contributed by atoms with Gasteiger partial charge in [-0.25, -0.2) is 0 Å². The van der Waals surface area contributed by atoms with Crippen LogP contribution in [0, 0.1) is 20.9 Å². The van der Waals surface area contributed by atoms with E-state index in [1.165, 1.54) is 12.1 Å². The molecule has 2 aromatic rings. The molecule has 13 heteroatoms. The van der Waals surface area contributed by atoms with Gasteiger partial charge in [-0.1, -0.05) is 45.9 Å². The van der Waals surface area contributed by atoms with Gasteiger partial charge in [0.25, 0.3) is 0 Å². The van der Waals surface area contributed by atoms with E-state index in [-0.39, 0.29) is 22.3 Å². The Kier molecular flexibility index (Phi) is 10.6. The number of aromatic nitrogens is 3. The maximum Gasteiger partial charge on any atom is 0.311 e. The molecule has 1 fully saturated rings. The minimum Gasteiger partial charge on any atom is -0.455 e. The second-order valence-electron chi connectivity index (χ2n) is 12.0. The zero-order valence-electron chi connectivity index (χ0n) is 23.8. The monoisotopic (exact) mass is 566 g/mol. The highest BCUT2D eigenvalue weighted by Crippen LogP contribution is 2.32. The highest BCUT2D eigenvalue weighted by Gasteiger charge is 2.45. The van der Waals surface area contributed by atoms with Crippen molar-refractivity contribution in [3.05, 3.63) is 45.8 Å². The van der Waals surface area contributed by atoms with Crippen LogP contribution in [0.2, 0.25) is 0 Å². The summed E-state index contributed by atoms with van der Waals surface area (Å²) < 4.78 is 18.6. The lowest BCUT2D eigenvalue weighted by Crippen LogP contribution is -2.60. The molecule has 1 aliphatic heterocycles. The number of ether oxygens (including phenoxy) is 3. The van der Waals surface area contributed by atoms with Crippen molar-refractivity contribution in [1.29, 1.82) is 0 Å². The van der Waals surface area contributed by atoms with Gasteiger partial charge in [0.15, 0.2) is 5.75 Å². The van der Waals surface area contributed by atoms with E-state index in [4.69, 9.17) is 14.2 Å². The van der Waals surface area contributed by atoms with Gasteiger partial charge in [0.2, 0.25) is 6.29 Å². The minimum atomic E-state index is -1.68. The van der Waals surface area contributed by atoms with E-state index in [1.54, 1.807) is 10.7 Å². The van der Waals surface area contributed by atoms with Crippen molar-refractivity contribution in [3.63, 3.8) is 0 Å². The summed E-state index contributed by atoms with van der Waals surface area (Å²) in [4.78, 5) is 11.1. The standard InChI is InChI=1S/C27H42N4O9/c1-6-26(2,3)15-38-16-27(4,5)14-30-12-18(28-29-30)9-7-17-8-10-20(19(11-17)31(36)37)39-25-24(35)23(34)22(33)21(13-32)40-25/h8,10-12,21-25,32-35H,6-7,9,13-16H2,1-5H3/t21-,22+,23+,24-,25-/m1/s1. The Labute approximate surface area is 233 Å². The largest absolute Gasteiger partial charge is 0.455 e. The third-order valence-corrected chi connectivity index (χ3v) is 7.10. The second-order valence-corrected chi connectivity index (χ2v) is 12.0. The predicted octanol–water partition coefficient (Wildman–Crippen LogP) is 1.63. The Morgan fingerprint density at radius 1 is 1.07 bits per heavy atom. The molecular weight excluding hydrogens is 524 g/mol. The number of hydrogen-bond acceptors (Lipinski definition) is 11. The molecular formula is C27H42N4O9. The van der Waals surface area contributed by atoms with Crippen molar-refractivity contribution in [1.82, 2.24) is 15.0 Å². The maximum absolute atomic E-state index is 11.7. The maximum atomic E-state index is 11.7. The lowest BCUT2D eigenvalue weighted by molar-refractivity contribution is -0.387. The average Bonchev–Trinajstić information content (AvgIpc) is 3.34. The fourth-order valence-electron chi connectivity index (χ4n) is 4.24. The summed E-state index contributed by atoms with van der Waals surface area (Å²) in [7, 11) is 0. The normalized spacial score (nSPS) is 23.8. The molecule has 1 aromatic heterocycles. The van der Waals surface area contributed by atoms with Crippen molar-refractivity contribution in [2.75, 3.05) is 19.8 Å². The third-order valence-electron chi connectivity index (χ3n) is 7.10. The summed E-state index contributed by atoms with van der Waals surface area (Å²) in [6, 6.07) is 4.39. The number of aliphatic hydroxyl groups is 4. The highest BCUT2D eigenvalue weighted by molar-refractivity contribution is 5.49. The minimum absolute atomic E-state index is 0.135. The van der Waals surface area contributed by atoms with E-state index >= 15 is 0 Å². The first-order valence-electron chi connectivity index (χ1n) is 13.5. The molecule has 0 amide bonds. The summed E-state index contributed by atoms with van der Waals surface area (Å²) in [6.07, 6.45) is -3.75. The van der Waals surface area contributed by atoms with Crippen LogP contribution in [0.5, 0.6) is 5.75 Å². The van der Waals surface area contributed by atoms with Crippen LogP contribution in [0.25, 0.3) is 0 Å². The van der Waals surface area contributed by atoms with E-state index in [0.29, 0.717) is 38.2 Å². The number of rotatable bonds is 14. The van der Waals surface area contributed by atoms with Crippen LogP contribution in [0.3, 0.4) is 0 Å². The Balaban J connectivity index is 1.60. The van der Waals surface area contributed by atoms with Crippen LogP contribution >= 0.6 is 0 Å². The number of aryl methyl sites for hydroxylation is 2. The first kappa shape index (κ1) is 31.8. The van der Waals surface area contributed by atoms with Crippen LogP contribution in [-0.4, -0.2) is 90.9 Å². The fourth-order valence-corrected chi connectivity index (χ4v) is 4.24. The van der Waals surface area contributed by atoms with Gasteiger partial charge in [-0.15, -0.1) is 5.10 Å². The van der Waals surface area contributed by atoms with Crippen LogP contribution in [0.15, 0.2) is 24.4 Å². The first-order valence-corrected chi connectivity index (χ1v) is 13.5. The van der Waals surface area contributed by atoms with Gasteiger partial charge in [-0.05, 0) is 36.3 Å². The topological polar surface area (TPSA) is 182 Å². The SMILES string of the molecule is CCC(C)(C)COCC(C)(C)Cn1cc(CCc2ccc(O[C@@H]3O[C@H](CO)[C@H](O)[C@H](O)[C@H]3O)c([N+](=O)[O-])c2)nn1. The van der Waals surface area contributed by atoms with Crippen LogP contribution < -0.4 is 4.74 Å². The lowest BCUT2D eigenvalue weighted by Gasteiger charge is -2.39. The van der Waals surface area contributed by atoms with Crippen LogP contribution in [0.4, 0.5) is 5.69 Å². The fraction of sp³-hybridized carbons (Fsp3) is 0.704. The Hall–Kier alpha value is -2.68. The van der Waals surface area contributed by atoms with Gasteiger partial charge in [-0.2, -0.15) is 0 Å². The van der Waals surface area contributed by atoms with Crippen LogP contribution in [-0.2, 0) is 28.9 Å². The summed E-state index contributed by atoms with van der Waals surface area (Å²) in [5.41, 5.74) is 1.04. The molecule has 2 heterocycles. The molecule has 1 aliphatic rings. The predicted molar refractivity (Wildman–Crippen MR) is 144 cm³/mol. The van der Waals surface area contributed by atoms with Crippen molar-refractivity contribution in [2.45, 2.75) is 91.1 Å². The van der Waals surface area contributed by atoms with Gasteiger partial charge in [0.05, 0.1) is 30.4 Å². The summed E-state index contributed by atoms with van der Waals surface area (Å²) in [5.74, 6) is -0.184. The molecule has 0 radical (unpaired) electrons. The molecule has 0 bridgehead atoms. The molecule has 1 aromatic carbocycles. The Morgan fingerprint density at radius 2 is 1.77 bits per heavy atom. The van der Waals surface area contributed by atoms with Crippen molar-refractivity contribution >= 4 is 5.69 Å². The van der Waals surface area contributed by atoms with Crippen molar-refractivity contribution in [2.24, 2.45) is 10.8 Å². The van der Waals surface area contributed by atoms with Gasteiger partial charge in [-0.3, -0.25) is 14.8 Å². The highest BCUT2D eigenvalue weighted by atomic mass is 16.7. The smallest absolute Gasteiger partial charge is 0.311 e. The van der Waals surface area contributed by atoms with E-state index < -0.39 is 42.2 Å². The van der Waals surface area contributed by atoms with Crippen molar-refractivity contribution < 1.29 is 39.6 Å². The van der Waals surface area contributed by atoms with Gasteiger partial charge >= 0.3 is 5.69 Å². The lowest BCUT2D eigenvalue weighted by atomic mass is 9.91. The van der Waals surface area contributed by atoms with E-state index in [2.05, 4.69) is 44.9 Å². The van der Waals surface area contributed by atoms with Gasteiger partial charge in [0.1, 0.15) is 24.4 Å². The zero-order chi connectivity index (χ0) is 29.7. The number of nitro groups is 1. The van der Waals surface area contributed by atoms with E-state index in [0.717, 1.165) is 12.1 Å². The average molecular weight is 567 g/mol. The molecule has 0 aliphatic carbocycles. The molecule has 4 N–H and O–H groups in total. The van der Waals surface area contributed by atoms with Gasteiger partial charge in [0, 0.05) is 24.2 Å². The zero-order valence-corrected chi connectivity index (χ0v) is 23.8. The quantitative estimate of drug-likeness (QED) is 0.193. The molecule has 224 valence electrons. The van der Waals surface area contributed by atoms with Crippen molar-refractivity contribution in [3.8, 4) is 5.75 Å². The molecule has 0 spiro atoms. The molecule has 40 heavy (non-hydrogen) atoms. The van der Waals surface area contributed by atoms with Gasteiger partial charge < -0.3 is 34.6 Å².